The largest absolute Gasteiger partial charge is 0.313 e. The standard InChI is InChI=1S/C15H21Cl2N/c1-3-15(4-2,10-18-12-6-7-12)11-5-8-13(16)14(17)9-11/h5,8-9,12,18H,3-4,6-7,10H2,1-2H3. The lowest BCUT2D eigenvalue weighted by Crippen LogP contribution is -2.38. The zero-order valence-corrected chi connectivity index (χ0v) is 12.6. The number of hydrogen-bond acceptors (Lipinski definition) is 1. The van der Waals surface area contributed by atoms with E-state index in [2.05, 4.69) is 25.2 Å². The highest BCUT2D eigenvalue weighted by molar-refractivity contribution is 6.42. The highest BCUT2D eigenvalue weighted by atomic mass is 35.5. The van der Waals surface area contributed by atoms with Crippen LogP contribution >= 0.6 is 23.2 Å². The van der Waals surface area contributed by atoms with Gasteiger partial charge in [0.05, 0.1) is 10.0 Å². The molecule has 3 heteroatoms. The van der Waals surface area contributed by atoms with Crippen LogP contribution in [-0.2, 0) is 5.41 Å². The van der Waals surface area contributed by atoms with Gasteiger partial charge in [0.25, 0.3) is 0 Å². The first-order valence-electron chi connectivity index (χ1n) is 6.80. The van der Waals surface area contributed by atoms with E-state index >= 15 is 0 Å². The fourth-order valence-corrected chi connectivity index (χ4v) is 2.76. The lowest BCUT2D eigenvalue weighted by molar-refractivity contribution is 0.367. The second-order valence-electron chi connectivity index (χ2n) is 5.27. The van der Waals surface area contributed by atoms with Gasteiger partial charge in [-0.05, 0) is 43.4 Å². The van der Waals surface area contributed by atoms with E-state index in [4.69, 9.17) is 23.2 Å². The van der Waals surface area contributed by atoms with E-state index in [9.17, 15) is 0 Å². The van der Waals surface area contributed by atoms with Crippen molar-refractivity contribution in [1.29, 1.82) is 0 Å². The highest BCUT2D eigenvalue weighted by Crippen LogP contribution is 2.35. The van der Waals surface area contributed by atoms with E-state index in [0.29, 0.717) is 10.0 Å². The average molecular weight is 286 g/mol. The molecule has 1 aliphatic rings. The van der Waals surface area contributed by atoms with Gasteiger partial charge in [-0.25, -0.2) is 0 Å². The molecular weight excluding hydrogens is 265 g/mol. The lowest BCUT2D eigenvalue weighted by atomic mass is 9.76. The molecule has 18 heavy (non-hydrogen) atoms. The topological polar surface area (TPSA) is 12.0 Å². The molecule has 0 bridgehead atoms. The molecule has 0 spiro atoms. The maximum absolute atomic E-state index is 6.16. The van der Waals surface area contributed by atoms with Crippen molar-refractivity contribution in [1.82, 2.24) is 5.32 Å². The average Bonchev–Trinajstić information content (AvgIpc) is 3.19. The van der Waals surface area contributed by atoms with Crippen LogP contribution in [-0.4, -0.2) is 12.6 Å². The molecule has 0 unspecified atom stereocenters. The van der Waals surface area contributed by atoms with Crippen LogP contribution in [0.2, 0.25) is 10.0 Å². The van der Waals surface area contributed by atoms with E-state index in [-0.39, 0.29) is 5.41 Å². The molecular formula is C15H21Cl2N. The Labute approximate surface area is 120 Å². The summed E-state index contributed by atoms with van der Waals surface area (Å²) in [5.74, 6) is 0. The van der Waals surface area contributed by atoms with Gasteiger partial charge < -0.3 is 5.32 Å². The fraction of sp³-hybridized carbons (Fsp3) is 0.600. The summed E-state index contributed by atoms with van der Waals surface area (Å²) in [4.78, 5) is 0. The van der Waals surface area contributed by atoms with E-state index in [1.165, 1.54) is 18.4 Å². The van der Waals surface area contributed by atoms with Gasteiger partial charge in [0.2, 0.25) is 0 Å². The normalized spacial score (nSPS) is 16.0. The predicted molar refractivity (Wildman–Crippen MR) is 79.7 cm³/mol. The Morgan fingerprint density at radius 2 is 1.83 bits per heavy atom. The Morgan fingerprint density at radius 3 is 2.33 bits per heavy atom. The van der Waals surface area contributed by atoms with Crippen LogP contribution < -0.4 is 5.32 Å². The third kappa shape index (κ3) is 3.01. The quantitative estimate of drug-likeness (QED) is 0.791. The Morgan fingerprint density at radius 1 is 1.17 bits per heavy atom. The number of halogens is 2. The maximum Gasteiger partial charge on any atom is 0.0595 e. The van der Waals surface area contributed by atoms with Crippen molar-refractivity contribution in [3.05, 3.63) is 33.8 Å². The molecule has 2 rings (SSSR count). The minimum atomic E-state index is 0.177. The van der Waals surface area contributed by atoms with Gasteiger partial charge >= 0.3 is 0 Å². The highest BCUT2D eigenvalue weighted by Gasteiger charge is 2.31. The lowest BCUT2D eigenvalue weighted by Gasteiger charge is -2.33. The summed E-state index contributed by atoms with van der Waals surface area (Å²) in [5, 5.41) is 4.95. The summed E-state index contributed by atoms with van der Waals surface area (Å²) in [7, 11) is 0. The molecule has 0 heterocycles. The van der Waals surface area contributed by atoms with Gasteiger partial charge in [-0.3, -0.25) is 0 Å². The minimum Gasteiger partial charge on any atom is -0.313 e. The predicted octanol–water partition coefficient (Wildman–Crippen LogP) is 4.80. The minimum absolute atomic E-state index is 0.177. The summed E-state index contributed by atoms with van der Waals surface area (Å²) in [6.45, 7) is 5.53. The zero-order chi connectivity index (χ0) is 13.2. The second kappa shape index (κ2) is 5.81. The first-order chi connectivity index (χ1) is 8.61. The molecule has 1 fully saturated rings. The Hall–Kier alpha value is -0.240. The number of benzene rings is 1. The van der Waals surface area contributed by atoms with Gasteiger partial charge in [-0.2, -0.15) is 0 Å². The van der Waals surface area contributed by atoms with Crippen molar-refractivity contribution in [3.8, 4) is 0 Å². The SMILES string of the molecule is CCC(CC)(CNC1CC1)c1ccc(Cl)c(Cl)c1. The molecule has 0 radical (unpaired) electrons. The molecule has 1 aromatic rings. The van der Waals surface area contributed by atoms with E-state index in [1.54, 1.807) is 0 Å². The van der Waals surface area contributed by atoms with Gasteiger partial charge in [-0.15, -0.1) is 0 Å². The molecule has 1 aliphatic carbocycles. The molecule has 100 valence electrons. The van der Waals surface area contributed by atoms with Crippen molar-refractivity contribution in [3.63, 3.8) is 0 Å². The van der Waals surface area contributed by atoms with Crippen molar-refractivity contribution in [2.45, 2.75) is 51.0 Å². The molecule has 1 saturated carbocycles. The first kappa shape index (κ1) is 14.2. The van der Waals surface area contributed by atoms with Gasteiger partial charge in [0, 0.05) is 18.0 Å². The van der Waals surface area contributed by atoms with E-state index in [0.717, 1.165) is 25.4 Å². The summed E-state index contributed by atoms with van der Waals surface area (Å²) in [6.07, 6.45) is 4.87. The molecule has 0 amide bonds. The van der Waals surface area contributed by atoms with Crippen molar-refractivity contribution in [2.24, 2.45) is 0 Å². The Kier molecular flexibility index (Phi) is 4.58. The monoisotopic (exact) mass is 285 g/mol. The Bertz CT molecular complexity index is 409. The summed E-state index contributed by atoms with van der Waals surface area (Å²) in [6, 6.07) is 6.81. The summed E-state index contributed by atoms with van der Waals surface area (Å²) < 4.78 is 0. The van der Waals surface area contributed by atoms with Crippen LogP contribution in [0.4, 0.5) is 0 Å². The second-order valence-corrected chi connectivity index (χ2v) is 6.09. The molecule has 1 aromatic carbocycles. The Balaban J connectivity index is 2.22. The molecule has 0 aromatic heterocycles. The van der Waals surface area contributed by atoms with Gasteiger partial charge in [-0.1, -0.05) is 43.1 Å². The van der Waals surface area contributed by atoms with Crippen LogP contribution in [0.5, 0.6) is 0 Å². The molecule has 0 saturated heterocycles. The third-order valence-corrected chi connectivity index (χ3v) is 4.93. The molecule has 1 N–H and O–H groups in total. The van der Waals surface area contributed by atoms with Crippen LogP contribution in [0.1, 0.15) is 45.1 Å². The van der Waals surface area contributed by atoms with E-state index < -0.39 is 0 Å². The fourth-order valence-electron chi connectivity index (χ4n) is 2.46. The maximum atomic E-state index is 6.16. The third-order valence-electron chi connectivity index (χ3n) is 4.19. The van der Waals surface area contributed by atoms with Gasteiger partial charge in [0.15, 0.2) is 0 Å². The zero-order valence-electron chi connectivity index (χ0n) is 11.1. The van der Waals surface area contributed by atoms with Crippen LogP contribution in [0.15, 0.2) is 18.2 Å². The number of hydrogen-bond donors (Lipinski definition) is 1. The number of nitrogens with one attached hydrogen (secondary N) is 1. The van der Waals surface area contributed by atoms with Crippen LogP contribution in [0.25, 0.3) is 0 Å². The molecule has 0 aliphatic heterocycles. The molecule has 1 nitrogen and oxygen atoms in total. The smallest absolute Gasteiger partial charge is 0.0595 e. The first-order valence-corrected chi connectivity index (χ1v) is 7.56. The summed E-state index contributed by atoms with van der Waals surface area (Å²) >= 11 is 12.2. The number of rotatable bonds is 6. The van der Waals surface area contributed by atoms with E-state index in [1.807, 2.05) is 12.1 Å². The van der Waals surface area contributed by atoms with Gasteiger partial charge in [0.1, 0.15) is 0 Å². The summed E-state index contributed by atoms with van der Waals surface area (Å²) in [5.41, 5.74) is 1.48. The molecule has 0 atom stereocenters. The van der Waals surface area contributed by atoms with Crippen molar-refractivity contribution < 1.29 is 0 Å². The van der Waals surface area contributed by atoms with Crippen LogP contribution in [0, 0.1) is 0 Å². The van der Waals surface area contributed by atoms with Crippen molar-refractivity contribution in [2.75, 3.05) is 6.54 Å². The van der Waals surface area contributed by atoms with Crippen molar-refractivity contribution >= 4 is 23.2 Å². The van der Waals surface area contributed by atoms with Crippen LogP contribution in [0.3, 0.4) is 0 Å².